The molecule has 0 heterocycles. The number of ether oxygens (including phenoxy) is 1. The molecule has 4 unspecified atom stereocenters. The van der Waals surface area contributed by atoms with Gasteiger partial charge in [-0.25, -0.2) is 0 Å². The van der Waals surface area contributed by atoms with Crippen molar-refractivity contribution in [2.45, 2.75) is 45.1 Å². The van der Waals surface area contributed by atoms with E-state index in [1.54, 1.807) is 0 Å². The maximum Gasteiger partial charge on any atom is 0.125 e. The van der Waals surface area contributed by atoms with Gasteiger partial charge in [-0.1, -0.05) is 31.5 Å². The van der Waals surface area contributed by atoms with Gasteiger partial charge in [0.1, 0.15) is 5.75 Å². The van der Waals surface area contributed by atoms with E-state index in [1.165, 1.54) is 25.7 Å². The second-order valence-electron chi connectivity index (χ2n) is 6.17. The van der Waals surface area contributed by atoms with E-state index in [0.29, 0.717) is 5.92 Å². The molecule has 2 aliphatic carbocycles. The topological polar surface area (TPSA) is 29.5 Å². The van der Waals surface area contributed by atoms with Crippen LogP contribution in [-0.2, 0) is 0 Å². The number of hydrogen-bond donors (Lipinski definition) is 1. The van der Waals surface area contributed by atoms with Crippen LogP contribution in [0.3, 0.4) is 0 Å². The van der Waals surface area contributed by atoms with Crippen LogP contribution in [0.2, 0.25) is 0 Å². The van der Waals surface area contributed by atoms with Gasteiger partial charge in [-0.15, -0.1) is 0 Å². The quantitative estimate of drug-likeness (QED) is 0.868. The van der Waals surface area contributed by atoms with Gasteiger partial charge < -0.3 is 9.84 Å². The Labute approximate surface area is 115 Å². The van der Waals surface area contributed by atoms with E-state index >= 15 is 0 Å². The predicted molar refractivity (Wildman–Crippen MR) is 76.1 cm³/mol. The average Bonchev–Trinajstić information content (AvgIpc) is 3.07. The number of rotatable bonds is 5. The minimum Gasteiger partial charge on any atom is -0.493 e. The highest BCUT2D eigenvalue weighted by atomic mass is 16.5. The van der Waals surface area contributed by atoms with Crippen molar-refractivity contribution in [1.82, 2.24) is 0 Å². The molecule has 2 fully saturated rings. The Balaban J connectivity index is 1.77. The Morgan fingerprint density at radius 1 is 1.26 bits per heavy atom. The number of aliphatic hydroxyl groups is 1. The first-order valence-corrected chi connectivity index (χ1v) is 7.69. The van der Waals surface area contributed by atoms with Crippen LogP contribution >= 0.6 is 0 Å². The molecule has 1 N–H and O–H groups in total. The van der Waals surface area contributed by atoms with Gasteiger partial charge in [0.2, 0.25) is 0 Å². The van der Waals surface area contributed by atoms with Crippen LogP contribution < -0.4 is 4.74 Å². The predicted octanol–water partition coefficient (Wildman–Crippen LogP) is 3.95. The van der Waals surface area contributed by atoms with Crippen LogP contribution in [0.5, 0.6) is 5.75 Å². The summed E-state index contributed by atoms with van der Waals surface area (Å²) in [6.45, 7) is 2.83. The summed E-state index contributed by atoms with van der Waals surface area (Å²) in [5.74, 6) is 2.93. The van der Waals surface area contributed by atoms with Crippen molar-refractivity contribution >= 4 is 0 Å². The lowest BCUT2D eigenvalue weighted by Crippen LogP contribution is -2.19. The first kappa shape index (κ1) is 13.0. The van der Waals surface area contributed by atoms with Gasteiger partial charge in [-0.2, -0.15) is 0 Å². The van der Waals surface area contributed by atoms with Crippen molar-refractivity contribution in [2.75, 3.05) is 6.61 Å². The summed E-state index contributed by atoms with van der Waals surface area (Å²) in [5, 5.41) is 10.7. The number of para-hydroxylation sites is 1. The molecule has 1 aromatic carbocycles. The third kappa shape index (κ3) is 2.51. The highest BCUT2D eigenvalue weighted by Crippen LogP contribution is 2.53. The maximum atomic E-state index is 10.7. The summed E-state index contributed by atoms with van der Waals surface area (Å²) in [6.07, 6.45) is 5.88. The summed E-state index contributed by atoms with van der Waals surface area (Å²) in [5.41, 5.74) is 0.994. The lowest BCUT2D eigenvalue weighted by Gasteiger charge is -2.28. The second-order valence-corrected chi connectivity index (χ2v) is 6.17. The maximum absolute atomic E-state index is 10.7. The molecule has 0 aliphatic heterocycles. The Hall–Kier alpha value is -1.02. The molecule has 2 nitrogen and oxygen atoms in total. The van der Waals surface area contributed by atoms with E-state index < -0.39 is 0 Å². The second kappa shape index (κ2) is 5.54. The lowest BCUT2D eigenvalue weighted by molar-refractivity contribution is 0.0716. The molecule has 3 rings (SSSR count). The molecule has 2 bridgehead atoms. The zero-order valence-corrected chi connectivity index (χ0v) is 11.7. The first-order valence-electron chi connectivity index (χ1n) is 7.69. The fourth-order valence-electron chi connectivity index (χ4n) is 3.98. The van der Waals surface area contributed by atoms with Gasteiger partial charge in [0, 0.05) is 5.56 Å². The molecule has 0 radical (unpaired) electrons. The zero-order valence-electron chi connectivity index (χ0n) is 11.7. The summed E-state index contributed by atoms with van der Waals surface area (Å²) in [4.78, 5) is 0. The molecule has 104 valence electrons. The average molecular weight is 260 g/mol. The molecule has 0 amide bonds. The van der Waals surface area contributed by atoms with Crippen LogP contribution in [0.4, 0.5) is 0 Å². The monoisotopic (exact) mass is 260 g/mol. The van der Waals surface area contributed by atoms with E-state index in [0.717, 1.165) is 36.2 Å². The fraction of sp³-hybridized carbons (Fsp3) is 0.647. The Kier molecular flexibility index (Phi) is 3.79. The largest absolute Gasteiger partial charge is 0.493 e. The molecule has 19 heavy (non-hydrogen) atoms. The van der Waals surface area contributed by atoms with E-state index in [9.17, 15) is 5.11 Å². The molecule has 0 saturated heterocycles. The molecule has 1 aromatic rings. The highest BCUT2D eigenvalue weighted by molar-refractivity contribution is 5.35. The van der Waals surface area contributed by atoms with Gasteiger partial charge in [0.15, 0.2) is 0 Å². The van der Waals surface area contributed by atoms with Gasteiger partial charge >= 0.3 is 0 Å². The summed E-state index contributed by atoms with van der Waals surface area (Å²) in [7, 11) is 0. The normalized spacial score (nSPS) is 30.5. The molecule has 4 atom stereocenters. The Morgan fingerprint density at radius 3 is 2.79 bits per heavy atom. The molecule has 0 aromatic heterocycles. The van der Waals surface area contributed by atoms with Crippen LogP contribution in [0.1, 0.15) is 50.7 Å². The van der Waals surface area contributed by atoms with E-state index in [4.69, 9.17) is 4.74 Å². The van der Waals surface area contributed by atoms with E-state index in [2.05, 4.69) is 6.92 Å². The molecular formula is C17H24O2. The fourth-order valence-corrected chi connectivity index (χ4v) is 3.98. The van der Waals surface area contributed by atoms with Crippen molar-refractivity contribution < 1.29 is 9.84 Å². The third-order valence-electron chi connectivity index (χ3n) is 4.90. The number of hydrogen-bond acceptors (Lipinski definition) is 2. The van der Waals surface area contributed by atoms with E-state index in [-0.39, 0.29) is 6.10 Å². The van der Waals surface area contributed by atoms with Crippen LogP contribution in [-0.4, -0.2) is 11.7 Å². The molecule has 2 heteroatoms. The first-order chi connectivity index (χ1) is 9.29. The minimum atomic E-state index is -0.344. The minimum absolute atomic E-state index is 0.344. The number of benzene rings is 1. The summed E-state index contributed by atoms with van der Waals surface area (Å²) in [6, 6.07) is 8.01. The smallest absolute Gasteiger partial charge is 0.125 e. The Morgan fingerprint density at radius 2 is 2.11 bits per heavy atom. The molecular weight excluding hydrogens is 236 g/mol. The molecule has 2 aliphatic rings. The molecule has 2 saturated carbocycles. The van der Waals surface area contributed by atoms with Crippen molar-refractivity contribution in [1.29, 1.82) is 0 Å². The van der Waals surface area contributed by atoms with Crippen LogP contribution in [0, 0.1) is 17.8 Å². The van der Waals surface area contributed by atoms with E-state index in [1.807, 2.05) is 24.3 Å². The standard InChI is InChI=1S/C17H24O2/c1-2-9-19-16-6-4-3-5-14(16)17(18)15-11-12-7-8-13(15)10-12/h3-6,12-13,15,17-18H,2,7-11H2,1H3. The van der Waals surface area contributed by atoms with Crippen molar-refractivity contribution in [2.24, 2.45) is 17.8 Å². The van der Waals surface area contributed by atoms with Gasteiger partial charge in [-0.05, 0) is 49.5 Å². The van der Waals surface area contributed by atoms with Gasteiger partial charge in [0.25, 0.3) is 0 Å². The van der Waals surface area contributed by atoms with Crippen molar-refractivity contribution in [3.63, 3.8) is 0 Å². The van der Waals surface area contributed by atoms with Crippen LogP contribution in [0.15, 0.2) is 24.3 Å². The van der Waals surface area contributed by atoms with Crippen molar-refractivity contribution in [3.05, 3.63) is 29.8 Å². The van der Waals surface area contributed by atoms with Gasteiger partial charge in [-0.3, -0.25) is 0 Å². The lowest BCUT2D eigenvalue weighted by atomic mass is 9.82. The van der Waals surface area contributed by atoms with Gasteiger partial charge in [0.05, 0.1) is 12.7 Å². The zero-order chi connectivity index (χ0) is 13.2. The van der Waals surface area contributed by atoms with Crippen LogP contribution in [0.25, 0.3) is 0 Å². The SMILES string of the molecule is CCCOc1ccccc1C(O)C1CC2CCC1C2. The number of fused-ring (bicyclic) bond motifs is 2. The number of aliphatic hydroxyl groups excluding tert-OH is 1. The molecule has 0 spiro atoms. The summed E-state index contributed by atoms with van der Waals surface area (Å²) >= 11 is 0. The Bertz CT molecular complexity index is 429. The third-order valence-corrected chi connectivity index (χ3v) is 4.90. The van der Waals surface area contributed by atoms with Crippen molar-refractivity contribution in [3.8, 4) is 5.75 Å². The highest BCUT2D eigenvalue weighted by Gasteiger charge is 2.43. The summed E-state index contributed by atoms with van der Waals surface area (Å²) < 4.78 is 5.79.